The molecule has 0 radical (unpaired) electrons. The molecule has 1 heterocycles. The van der Waals surface area contributed by atoms with Gasteiger partial charge in [0.15, 0.2) is 0 Å². The van der Waals surface area contributed by atoms with E-state index in [0.29, 0.717) is 11.4 Å². The van der Waals surface area contributed by atoms with E-state index < -0.39 is 0 Å². The second-order valence-corrected chi connectivity index (χ2v) is 5.07. The molecule has 92 valence electrons. The Hall–Kier alpha value is -1.43. The normalized spacial score (nSPS) is 10.2. The van der Waals surface area contributed by atoms with Crippen LogP contribution in [0.5, 0.6) is 0 Å². The minimum absolute atomic E-state index is 0.0400. The van der Waals surface area contributed by atoms with Gasteiger partial charge in [-0.1, -0.05) is 18.2 Å². The topological polar surface area (TPSA) is 33.2 Å². The van der Waals surface area contributed by atoms with E-state index in [4.69, 9.17) is 0 Å². The molecule has 0 saturated heterocycles. The zero-order chi connectivity index (χ0) is 13.1. The van der Waals surface area contributed by atoms with E-state index in [-0.39, 0.29) is 5.91 Å². The van der Waals surface area contributed by atoms with Crippen molar-refractivity contribution in [3.8, 4) is 0 Å². The van der Waals surface area contributed by atoms with E-state index in [1.807, 2.05) is 43.3 Å². The zero-order valence-corrected chi connectivity index (χ0v) is 12.4. The molecule has 0 spiro atoms. The van der Waals surface area contributed by atoms with E-state index in [1.54, 1.807) is 18.1 Å². The molecule has 1 aromatic carbocycles. The Labute approximate surface area is 120 Å². The average molecular weight is 352 g/mol. The molecule has 0 unspecified atom stereocenters. The predicted molar refractivity (Wildman–Crippen MR) is 80.9 cm³/mol. The molecule has 0 N–H and O–H groups in total. The van der Waals surface area contributed by atoms with E-state index in [9.17, 15) is 4.79 Å². The van der Waals surface area contributed by atoms with Crippen LogP contribution in [-0.4, -0.2) is 17.9 Å². The van der Waals surface area contributed by atoms with Gasteiger partial charge in [-0.3, -0.25) is 9.69 Å². The number of nitrogens with zero attached hydrogens (tertiary/aromatic N) is 2. The minimum Gasteiger partial charge on any atom is -0.296 e. The molecule has 2 aromatic rings. The lowest BCUT2D eigenvalue weighted by Gasteiger charge is -2.17. The number of hydrogen-bond donors (Lipinski definition) is 0. The number of aryl methyl sites for hydroxylation is 1. The molecule has 1 aromatic heterocycles. The van der Waals surface area contributed by atoms with Gasteiger partial charge in [-0.15, -0.1) is 0 Å². The molecule has 3 nitrogen and oxygen atoms in total. The third-order valence-electron chi connectivity index (χ3n) is 2.72. The molecule has 2 rings (SSSR count). The minimum atomic E-state index is -0.0400. The maximum Gasteiger partial charge on any atom is 0.260 e. The Morgan fingerprint density at radius 1 is 1.22 bits per heavy atom. The molecule has 1 amide bonds. The molecule has 0 atom stereocenters. The average Bonchev–Trinajstić information content (AvgIpc) is 2.41. The van der Waals surface area contributed by atoms with Crippen LogP contribution in [-0.2, 0) is 0 Å². The maximum atomic E-state index is 12.4. The Bertz CT molecular complexity index is 569. The second kappa shape index (κ2) is 5.48. The van der Waals surface area contributed by atoms with Gasteiger partial charge in [-0.05, 0) is 53.3 Å². The van der Waals surface area contributed by atoms with E-state index in [0.717, 1.165) is 9.13 Å². The van der Waals surface area contributed by atoms with Gasteiger partial charge in [0.25, 0.3) is 5.91 Å². The van der Waals surface area contributed by atoms with Gasteiger partial charge in [0, 0.05) is 16.8 Å². The van der Waals surface area contributed by atoms with Crippen LogP contribution >= 0.6 is 22.6 Å². The SMILES string of the molecule is Cc1cccc(C(=O)N(C)c2ccccn2)c1I. The van der Waals surface area contributed by atoms with Crippen LogP contribution in [0, 0.1) is 10.5 Å². The third kappa shape index (κ3) is 2.53. The van der Waals surface area contributed by atoms with Crippen molar-refractivity contribution >= 4 is 34.3 Å². The lowest BCUT2D eigenvalue weighted by molar-refractivity contribution is 0.0991. The third-order valence-corrected chi connectivity index (χ3v) is 4.15. The van der Waals surface area contributed by atoms with Crippen LogP contribution < -0.4 is 4.90 Å². The van der Waals surface area contributed by atoms with Gasteiger partial charge >= 0.3 is 0 Å². The molecule has 0 aliphatic rings. The number of aromatic nitrogens is 1. The maximum absolute atomic E-state index is 12.4. The first kappa shape index (κ1) is 13.0. The van der Waals surface area contributed by atoms with Crippen LogP contribution in [0.3, 0.4) is 0 Å². The molecule has 0 aliphatic heterocycles. The summed E-state index contributed by atoms with van der Waals surface area (Å²) in [6.07, 6.45) is 1.68. The van der Waals surface area contributed by atoms with Gasteiger partial charge in [-0.2, -0.15) is 0 Å². The van der Waals surface area contributed by atoms with Crippen LogP contribution in [0.1, 0.15) is 15.9 Å². The molecular formula is C14H13IN2O. The number of amides is 1. The van der Waals surface area contributed by atoms with Gasteiger partial charge in [0.2, 0.25) is 0 Å². The highest BCUT2D eigenvalue weighted by molar-refractivity contribution is 14.1. The van der Waals surface area contributed by atoms with Crippen molar-refractivity contribution in [1.82, 2.24) is 4.98 Å². The van der Waals surface area contributed by atoms with Gasteiger partial charge in [0.1, 0.15) is 5.82 Å². The van der Waals surface area contributed by atoms with E-state index in [2.05, 4.69) is 27.6 Å². The van der Waals surface area contributed by atoms with Crippen LogP contribution in [0.25, 0.3) is 0 Å². The van der Waals surface area contributed by atoms with Crippen molar-refractivity contribution in [3.63, 3.8) is 0 Å². The Balaban J connectivity index is 2.35. The first-order chi connectivity index (χ1) is 8.61. The number of rotatable bonds is 2. The number of carbonyl (C=O) groups excluding carboxylic acids is 1. The lowest BCUT2D eigenvalue weighted by Crippen LogP contribution is -2.27. The van der Waals surface area contributed by atoms with E-state index in [1.165, 1.54) is 0 Å². The summed E-state index contributed by atoms with van der Waals surface area (Å²) in [4.78, 5) is 18.1. The van der Waals surface area contributed by atoms with Crippen LogP contribution in [0.2, 0.25) is 0 Å². The number of halogens is 1. The fraction of sp³-hybridized carbons (Fsp3) is 0.143. The van der Waals surface area contributed by atoms with Gasteiger partial charge in [0.05, 0.1) is 5.56 Å². The highest BCUT2D eigenvalue weighted by Gasteiger charge is 2.17. The quantitative estimate of drug-likeness (QED) is 0.778. The highest BCUT2D eigenvalue weighted by atomic mass is 127. The van der Waals surface area contributed by atoms with Crippen molar-refractivity contribution in [2.75, 3.05) is 11.9 Å². The number of benzene rings is 1. The monoisotopic (exact) mass is 352 g/mol. The van der Waals surface area contributed by atoms with Crippen molar-refractivity contribution < 1.29 is 4.79 Å². The molecule has 18 heavy (non-hydrogen) atoms. The zero-order valence-electron chi connectivity index (χ0n) is 10.2. The van der Waals surface area contributed by atoms with Crippen LogP contribution in [0.4, 0.5) is 5.82 Å². The first-order valence-electron chi connectivity index (χ1n) is 5.55. The summed E-state index contributed by atoms with van der Waals surface area (Å²) in [5, 5.41) is 0. The number of hydrogen-bond acceptors (Lipinski definition) is 2. The molecule has 0 saturated carbocycles. The van der Waals surface area contributed by atoms with Crippen molar-refractivity contribution in [3.05, 3.63) is 57.3 Å². The van der Waals surface area contributed by atoms with Gasteiger partial charge < -0.3 is 0 Å². The molecule has 4 heteroatoms. The highest BCUT2D eigenvalue weighted by Crippen LogP contribution is 2.20. The lowest BCUT2D eigenvalue weighted by atomic mass is 10.1. The van der Waals surface area contributed by atoms with E-state index >= 15 is 0 Å². The van der Waals surface area contributed by atoms with Crippen molar-refractivity contribution in [1.29, 1.82) is 0 Å². The number of anilines is 1. The Kier molecular flexibility index (Phi) is 3.96. The van der Waals surface area contributed by atoms with Crippen LogP contribution in [0.15, 0.2) is 42.6 Å². The second-order valence-electron chi connectivity index (χ2n) is 3.99. The standard InChI is InChI=1S/C14H13IN2O/c1-10-6-5-7-11(13(10)15)14(18)17(2)12-8-3-4-9-16-12/h3-9H,1-2H3. The molecule has 0 fully saturated rings. The summed E-state index contributed by atoms with van der Waals surface area (Å²) in [7, 11) is 1.74. The summed E-state index contributed by atoms with van der Waals surface area (Å²) in [6.45, 7) is 2.00. The fourth-order valence-corrected chi connectivity index (χ4v) is 2.24. The Morgan fingerprint density at radius 2 is 2.00 bits per heavy atom. The number of carbonyl (C=O) groups is 1. The summed E-state index contributed by atoms with van der Waals surface area (Å²) in [6, 6.07) is 11.3. The Morgan fingerprint density at radius 3 is 2.67 bits per heavy atom. The molecule has 0 bridgehead atoms. The van der Waals surface area contributed by atoms with Crippen molar-refractivity contribution in [2.24, 2.45) is 0 Å². The van der Waals surface area contributed by atoms with Gasteiger partial charge in [-0.25, -0.2) is 4.98 Å². The predicted octanol–water partition coefficient (Wildman–Crippen LogP) is 3.27. The van der Waals surface area contributed by atoms with Crippen molar-refractivity contribution in [2.45, 2.75) is 6.92 Å². The number of pyridine rings is 1. The summed E-state index contributed by atoms with van der Waals surface area (Å²) >= 11 is 2.20. The smallest absolute Gasteiger partial charge is 0.260 e. The largest absolute Gasteiger partial charge is 0.296 e. The summed E-state index contributed by atoms with van der Waals surface area (Å²) in [5.41, 5.74) is 1.82. The first-order valence-corrected chi connectivity index (χ1v) is 6.63. The summed E-state index contributed by atoms with van der Waals surface area (Å²) in [5.74, 6) is 0.613. The molecular weight excluding hydrogens is 339 g/mol. The fourth-order valence-electron chi connectivity index (χ4n) is 1.65. The summed E-state index contributed by atoms with van der Waals surface area (Å²) < 4.78 is 0.989. The molecule has 0 aliphatic carbocycles.